The first-order valence-electron chi connectivity index (χ1n) is 7.98. The van der Waals surface area contributed by atoms with E-state index in [0.29, 0.717) is 31.5 Å². The molecule has 4 nitrogen and oxygen atoms in total. The summed E-state index contributed by atoms with van der Waals surface area (Å²) in [4.78, 5) is 0. The molecule has 0 aromatic rings. The second kappa shape index (κ2) is 10.6. The summed E-state index contributed by atoms with van der Waals surface area (Å²) in [5.41, 5.74) is 0. The van der Waals surface area contributed by atoms with Gasteiger partial charge in [-0.3, -0.25) is 0 Å². The highest BCUT2D eigenvalue weighted by Gasteiger charge is 2.21. The summed E-state index contributed by atoms with van der Waals surface area (Å²) in [6.45, 7) is 13.4. The Morgan fingerprint density at radius 3 is 1.85 bits per heavy atom. The molecule has 0 aliphatic rings. The number of rotatable bonds is 12. The van der Waals surface area contributed by atoms with Crippen molar-refractivity contribution in [3.8, 4) is 0 Å². The molecule has 0 aromatic carbocycles. The lowest BCUT2D eigenvalue weighted by Gasteiger charge is -2.24. The number of hydrogen-bond donors (Lipinski definition) is 1. The first-order valence-corrected chi connectivity index (χ1v) is 9.59. The average molecular weight is 307 g/mol. The topological polar surface area (TPSA) is 49.4 Å². The van der Waals surface area contributed by atoms with Crippen LogP contribution in [0, 0.1) is 11.8 Å². The summed E-state index contributed by atoms with van der Waals surface area (Å²) < 4.78 is 26.5. The molecule has 0 aromatic heterocycles. The van der Waals surface area contributed by atoms with Crippen molar-refractivity contribution in [2.75, 3.05) is 31.9 Å². The van der Waals surface area contributed by atoms with Crippen LogP contribution in [0.4, 0.5) is 0 Å². The lowest BCUT2D eigenvalue weighted by Crippen LogP contribution is -2.38. The molecule has 0 atom stereocenters. The Morgan fingerprint density at radius 2 is 1.45 bits per heavy atom. The molecule has 0 fully saturated rings. The fourth-order valence-corrected chi connectivity index (χ4v) is 3.25. The molecule has 0 rings (SSSR count). The van der Waals surface area contributed by atoms with Crippen molar-refractivity contribution in [3.63, 3.8) is 0 Å². The molecule has 0 radical (unpaired) electrons. The maximum Gasteiger partial charge on any atom is 0.215 e. The van der Waals surface area contributed by atoms with Crippen molar-refractivity contribution in [1.29, 1.82) is 0 Å². The zero-order chi connectivity index (χ0) is 15.6. The third kappa shape index (κ3) is 9.72. The number of hydrogen-bond acceptors (Lipinski definition) is 3. The third-order valence-electron chi connectivity index (χ3n) is 3.27. The van der Waals surface area contributed by atoms with E-state index in [1.165, 1.54) is 0 Å². The van der Waals surface area contributed by atoms with Crippen molar-refractivity contribution >= 4 is 10.0 Å². The van der Waals surface area contributed by atoms with Gasteiger partial charge in [0.2, 0.25) is 10.0 Å². The Bertz CT molecular complexity index is 315. The molecule has 20 heavy (non-hydrogen) atoms. The Labute approximate surface area is 126 Å². The Kier molecular flexibility index (Phi) is 10.5. The molecular weight excluding hydrogens is 272 g/mol. The van der Waals surface area contributed by atoms with Crippen LogP contribution in [0.1, 0.15) is 53.9 Å². The molecule has 0 spiro atoms. The summed E-state index contributed by atoms with van der Waals surface area (Å²) in [7, 11) is -3.12. The minimum Gasteiger partial charge on any atom is -0.316 e. The fourth-order valence-electron chi connectivity index (χ4n) is 1.83. The van der Waals surface area contributed by atoms with Gasteiger partial charge in [0.15, 0.2) is 0 Å². The molecule has 0 aliphatic carbocycles. The van der Waals surface area contributed by atoms with E-state index < -0.39 is 10.0 Å². The minimum atomic E-state index is -3.12. The van der Waals surface area contributed by atoms with Gasteiger partial charge in [-0.1, -0.05) is 34.6 Å². The van der Waals surface area contributed by atoms with E-state index >= 15 is 0 Å². The van der Waals surface area contributed by atoms with Gasteiger partial charge in [-0.2, -0.15) is 0 Å². The summed E-state index contributed by atoms with van der Waals surface area (Å²) in [6.07, 6.45) is 2.89. The van der Waals surface area contributed by atoms with E-state index in [2.05, 4.69) is 39.9 Å². The quantitative estimate of drug-likeness (QED) is 0.564. The highest BCUT2D eigenvalue weighted by atomic mass is 32.2. The predicted molar refractivity (Wildman–Crippen MR) is 87.4 cm³/mol. The molecular formula is C15H34N2O2S. The van der Waals surface area contributed by atoms with Crippen LogP contribution >= 0.6 is 0 Å². The Morgan fingerprint density at radius 1 is 0.950 bits per heavy atom. The van der Waals surface area contributed by atoms with Crippen LogP contribution in [-0.2, 0) is 10.0 Å². The van der Waals surface area contributed by atoms with Crippen molar-refractivity contribution in [3.05, 3.63) is 0 Å². The van der Waals surface area contributed by atoms with E-state index in [-0.39, 0.29) is 5.75 Å². The number of sulfonamides is 1. The molecule has 0 bridgehead atoms. The molecule has 122 valence electrons. The molecule has 0 aliphatic heterocycles. The zero-order valence-electron chi connectivity index (χ0n) is 14.0. The Hall–Kier alpha value is -0.130. The van der Waals surface area contributed by atoms with Crippen LogP contribution in [0.2, 0.25) is 0 Å². The van der Waals surface area contributed by atoms with Crippen molar-refractivity contribution in [2.24, 2.45) is 11.8 Å². The van der Waals surface area contributed by atoms with Crippen LogP contribution in [0.25, 0.3) is 0 Å². The van der Waals surface area contributed by atoms with Gasteiger partial charge in [0.05, 0.1) is 5.75 Å². The van der Waals surface area contributed by atoms with E-state index in [0.717, 1.165) is 25.8 Å². The van der Waals surface area contributed by atoms with Crippen molar-refractivity contribution in [1.82, 2.24) is 9.62 Å². The fraction of sp³-hybridized carbons (Fsp3) is 1.00. The van der Waals surface area contributed by atoms with Gasteiger partial charge >= 0.3 is 0 Å². The maximum absolute atomic E-state index is 12.4. The third-order valence-corrected chi connectivity index (χ3v) is 5.14. The molecule has 0 saturated heterocycles. The first-order chi connectivity index (χ1) is 9.29. The smallest absolute Gasteiger partial charge is 0.215 e. The van der Waals surface area contributed by atoms with Gasteiger partial charge in [0.1, 0.15) is 0 Å². The molecule has 0 saturated carbocycles. The second-order valence-corrected chi connectivity index (χ2v) is 8.42. The van der Waals surface area contributed by atoms with Crippen LogP contribution in [-0.4, -0.2) is 44.7 Å². The van der Waals surface area contributed by atoms with Gasteiger partial charge in [-0.05, 0) is 37.6 Å². The summed E-state index contributed by atoms with van der Waals surface area (Å²) in [6, 6.07) is 0. The second-order valence-electron chi connectivity index (χ2n) is 6.33. The molecule has 5 heteroatoms. The lowest BCUT2D eigenvalue weighted by atomic mass is 10.1. The molecule has 1 N–H and O–H groups in total. The van der Waals surface area contributed by atoms with Crippen molar-refractivity contribution in [2.45, 2.75) is 53.9 Å². The van der Waals surface area contributed by atoms with Crippen LogP contribution in [0.3, 0.4) is 0 Å². The highest BCUT2D eigenvalue weighted by Crippen LogP contribution is 2.11. The van der Waals surface area contributed by atoms with E-state index in [1.54, 1.807) is 4.31 Å². The number of nitrogens with zero attached hydrogens (tertiary/aromatic N) is 1. The van der Waals surface area contributed by atoms with Gasteiger partial charge in [0.25, 0.3) is 0 Å². The molecule has 0 heterocycles. The van der Waals surface area contributed by atoms with Crippen LogP contribution < -0.4 is 5.32 Å². The SMILES string of the molecule is CCCNCCS(=O)(=O)N(CCC(C)C)CCC(C)C. The first kappa shape index (κ1) is 19.9. The summed E-state index contributed by atoms with van der Waals surface area (Å²) in [5.74, 6) is 1.28. The largest absolute Gasteiger partial charge is 0.316 e. The monoisotopic (exact) mass is 306 g/mol. The van der Waals surface area contributed by atoms with Gasteiger partial charge in [-0.15, -0.1) is 0 Å². The van der Waals surface area contributed by atoms with Gasteiger partial charge in [-0.25, -0.2) is 12.7 Å². The zero-order valence-corrected chi connectivity index (χ0v) is 14.8. The molecule has 0 unspecified atom stereocenters. The normalized spacial score (nSPS) is 12.8. The van der Waals surface area contributed by atoms with Gasteiger partial charge in [0, 0.05) is 19.6 Å². The summed E-state index contributed by atoms with van der Waals surface area (Å²) >= 11 is 0. The standard InChI is InChI=1S/C15H34N2O2S/c1-6-9-16-10-13-20(18,19)17(11-7-14(2)3)12-8-15(4)5/h14-16H,6-13H2,1-5H3. The number of nitrogens with one attached hydrogen (secondary N) is 1. The maximum atomic E-state index is 12.4. The summed E-state index contributed by atoms with van der Waals surface area (Å²) in [5, 5.41) is 3.17. The predicted octanol–water partition coefficient (Wildman–Crippen LogP) is 2.71. The van der Waals surface area contributed by atoms with Crippen molar-refractivity contribution < 1.29 is 8.42 Å². The minimum absolute atomic E-state index is 0.211. The van der Waals surface area contributed by atoms with Gasteiger partial charge < -0.3 is 5.32 Å². The highest BCUT2D eigenvalue weighted by molar-refractivity contribution is 7.89. The lowest BCUT2D eigenvalue weighted by molar-refractivity contribution is 0.356. The van der Waals surface area contributed by atoms with E-state index in [4.69, 9.17) is 0 Å². The van der Waals surface area contributed by atoms with Crippen LogP contribution in [0.5, 0.6) is 0 Å². The van der Waals surface area contributed by atoms with E-state index in [9.17, 15) is 8.42 Å². The average Bonchev–Trinajstić information content (AvgIpc) is 2.33. The Balaban J connectivity index is 4.45. The van der Waals surface area contributed by atoms with Crippen LogP contribution in [0.15, 0.2) is 0 Å². The van der Waals surface area contributed by atoms with E-state index in [1.807, 2.05) is 0 Å². The molecule has 0 amide bonds.